The molecule has 2 saturated carbocycles. The van der Waals surface area contributed by atoms with E-state index in [1.54, 1.807) is 0 Å². The Hall–Kier alpha value is -0.0800. The molecule has 2 atom stereocenters. The van der Waals surface area contributed by atoms with E-state index in [2.05, 4.69) is 13.8 Å². The summed E-state index contributed by atoms with van der Waals surface area (Å²) in [6, 6.07) is 0. The second-order valence-electron chi connectivity index (χ2n) is 6.25. The standard InChI is InChI=1S/C13H25NO/c1-10-7-11(2)9-13(15,8-10)12(14)5-3-4-6-12/h10-11,15H,3-9,14H2,1-2H3. The van der Waals surface area contributed by atoms with Crippen LogP contribution in [0, 0.1) is 11.8 Å². The molecule has 2 aliphatic carbocycles. The summed E-state index contributed by atoms with van der Waals surface area (Å²) < 4.78 is 0. The van der Waals surface area contributed by atoms with Crippen LogP contribution in [-0.2, 0) is 0 Å². The van der Waals surface area contributed by atoms with Gasteiger partial charge in [-0.05, 0) is 43.9 Å². The number of aliphatic hydroxyl groups is 1. The van der Waals surface area contributed by atoms with Gasteiger partial charge in [-0.15, -0.1) is 0 Å². The molecule has 0 radical (unpaired) electrons. The van der Waals surface area contributed by atoms with Crippen LogP contribution < -0.4 is 5.73 Å². The van der Waals surface area contributed by atoms with Crippen LogP contribution in [0.4, 0.5) is 0 Å². The summed E-state index contributed by atoms with van der Waals surface area (Å²) in [6.07, 6.45) is 7.50. The first kappa shape index (κ1) is 11.4. The van der Waals surface area contributed by atoms with E-state index in [9.17, 15) is 5.11 Å². The summed E-state index contributed by atoms with van der Waals surface area (Å²) in [6.45, 7) is 4.50. The Kier molecular flexibility index (Phi) is 2.85. The van der Waals surface area contributed by atoms with Crippen molar-refractivity contribution >= 4 is 0 Å². The Morgan fingerprint density at radius 3 is 2.00 bits per heavy atom. The lowest BCUT2D eigenvalue weighted by Crippen LogP contribution is -2.61. The average molecular weight is 211 g/mol. The molecule has 0 aromatic heterocycles. The summed E-state index contributed by atoms with van der Waals surface area (Å²) in [4.78, 5) is 0. The molecule has 0 amide bonds. The van der Waals surface area contributed by atoms with Gasteiger partial charge in [0.25, 0.3) is 0 Å². The van der Waals surface area contributed by atoms with Crippen molar-refractivity contribution in [3.8, 4) is 0 Å². The molecule has 2 aliphatic rings. The maximum Gasteiger partial charge on any atom is 0.0831 e. The molecule has 2 nitrogen and oxygen atoms in total. The fourth-order valence-electron chi connectivity index (χ4n) is 3.97. The highest BCUT2D eigenvalue weighted by Gasteiger charge is 2.51. The molecule has 0 bridgehead atoms. The summed E-state index contributed by atoms with van der Waals surface area (Å²) >= 11 is 0. The normalized spacial score (nSPS) is 45.6. The van der Waals surface area contributed by atoms with E-state index >= 15 is 0 Å². The molecule has 2 unspecified atom stereocenters. The maximum absolute atomic E-state index is 10.8. The first-order chi connectivity index (χ1) is 6.95. The fourth-order valence-corrected chi connectivity index (χ4v) is 3.97. The predicted molar refractivity (Wildman–Crippen MR) is 62.5 cm³/mol. The van der Waals surface area contributed by atoms with Gasteiger partial charge in [-0.1, -0.05) is 26.7 Å². The van der Waals surface area contributed by atoms with Crippen LogP contribution in [-0.4, -0.2) is 16.2 Å². The van der Waals surface area contributed by atoms with Crippen molar-refractivity contribution < 1.29 is 5.11 Å². The monoisotopic (exact) mass is 211 g/mol. The van der Waals surface area contributed by atoms with Gasteiger partial charge in [0.15, 0.2) is 0 Å². The Morgan fingerprint density at radius 2 is 1.53 bits per heavy atom. The van der Waals surface area contributed by atoms with Crippen molar-refractivity contribution in [2.45, 2.75) is 69.9 Å². The lowest BCUT2D eigenvalue weighted by Gasteiger charge is -2.48. The predicted octanol–water partition coefficient (Wildman–Crippen LogP) is 2.45. The van der Waals surface area contributed by atoms with Crippen LogP contribution in [0.3, 0.4) is 0 Å². The fraction of sp³-hybridized carbons (Fsp3) is 1.00. The maximum atomic E-state index is 10.8. The average Bonchev–Trinajstić information content (AvgIpc) is 2.51. The highest BCUT2D eigenvalue weighted by molar-refractivity contribution is 5.08. The minimum absolute atomic E-state index is 0.282. The molecule has 2 fully saturated rings. The largest absolute Gasteiger partial charge is 0.388 e. The van der Waals surface area contributed by atoms with Crippen LogP contribution in [0.15, 0.2) is 0 Å². The second-order valence-corrected chi connectivity index (χ2v) is 6.25. The first-order valence-electron chi connectivity index (χ1n) is 6.46. The second kappa shape index (κ2) is 3.74. The van der Waals surface area contributed by atoms with Gasteiger partial charge >= 0.3 is 0 Å². The number of hydrogen-bond donors (Lipinski definition) is 2. The topological polar surface area (TPSA) is 46.2 Å². The summed E-state index contributed by atoms with van der Waals surface area (Å²) in [5, 5.41) is 10.8. The summed E-state index contributed by atoms with van der Waals surface area (Å²) in [7, 11) is 0. The zero-order valence-electron chi connectivity index (χ0n) is 10.1. The van der Waals surface area contributed by atoms with E-state index in [1.165, 1.54) is 19.3 Å². The third-order valence-corrected chi connectivity index (χ3v) is 4.60. The lowest BCUT2D eigenvalue weighted by molar-refractivity contribution is -0.0888. The molecular formula is C13H25NO. The Morgan fingerprint density at radius 1 is 1.07 bits per heavy atom. The Bertz CT molecular complexity index is 223. The lowest BCUT2D eigenvalue weighted by atomic mass is 9.64. The van der Waals surface area contributed by atoms with Crippen LogP contribution in [0.1, 0.15) is 58.8 Å². The minimum atomic E-state index is -0.583. The number of nitrogens with two attached hydrogens (primary N) is 1. The minimum Gasteiger partial charge on any atom is -0.388 e. The molecule has 15 heavy (non-hydrogen) atoms. The zero-order valence-corrected chi connectivity index (χ0v) is 10.1. The van der Waals surface area contributed by atoms with Crippen molar-refractivity contribution in [1.29, 1.82) is 0 Å². The van der Waals surface area contributed by atoms with Crippen molar-refractivity contribution in [3.05, 3.63) is 0 Å². The van der Waals surface area contributed by atoms with Gasteiger partial charge < -0.3 is 10.8 Å². The molecule has 0 heterocycles. The quantitative estimate of drug-likeness (QED) is 0.700. The molecule has 0 aliphatic heterocycles. The Balaban J connectivity index is 2.17. The summed E-state index contributed by atoms with van der Waals surface area (Å²) in [5.74, 6) is 1.25. The van der Waals surface area contributed by atoms with E-state index in [4.69, 9.17) is 5.73 Å². The van der Waals surface area contributed by atoms with Gasteiger partial charge in [-0.25, -0.2) is 0 Å². The highest BCUT2D eigenvalue weighted by atomic mass is 16.3. The van der Waals surface area contributed by atoms with E-state index in [1.807, 2.05) is 0 Å². The number of hydrogen-bond acceptors (Lipinski definition) is 2. The van der Waals surface area contributed by atoms with Gasteiger partial charge in [0, 0.05) is 5.54 Å². The van der Waals surface area contributed by atoms with Crippen molar-refractivity contribution in [3.63, 3.8) is 0 Å². The van der Waals surface area contributed by atoms with Crippen molar-refractivity contribution in [1.82, 2.24) is 0 Å². The zero-order chi connectivity index (χ0) is 11.1. The molecule has 3 N–H and O–H groups in total. The summed E-state index contributed by atoms with van der Waals surface area (Å²) in [5.41, 5.74) is 5.58. The SMILES string of the molecule is CC1CC(C)CC(O)(C2(N)CCCC2)C1. The van der Waals surface area contributed by atoms with Gasteiger partial charge in [0.05, 0.1) is 5.60 Å². The molecule has 0 saturated heterocycles. The molecule has 88 valence electrons. The third kappa shape index (κ3) is 1.94. The highest BCUT2D eigenvalue weighted by Crippen LogP contribution is 2.47. The molecule has 2 heteroatoms. The molecule has 0 spiro atoms. The van der Waals surface area contributed by atoms with E-state index < -0.39 is 5.60 Å². The molecule has 2 rings (SSSR count). The van der Waals surface area contributed by atoms with E-state index in [0.717, 1.165) is 25.7 Å². The van der Waals surface area contributed by atoms with Crippen LogP contribution >= 0.6 is 0 Å². The van der Waals surface area contributed by atoms with Crippen molar-refractivity contribution in [2.24, 2.45) is 17.6 Å². The van der Waals surface area contributed by atoms with Gasteiger partial charge in [-0.3, -0.25) is 0 Å². The van der Waals surface area contributed by atoms with Crippen LogP contribution in [0.25, 0.3) is 0 Å². The smallest absolute Gasteiger partial charge is 0.0831 e. The van der Waals surface area contributed by atoms with Gasteiger partial charge in [0.1, 0.15) is 0 Å². The Labute approximate surface area is 93.2 Å². The molecular weight excluding hydrogens is 186 g/mol. The third-order valence-electron chi connectivity index (χ3n) is 4.60. The van der Waals surface area contributed by atoms with Crippen LogP contribution in [0.5, 0.6) is 0 Å². The van der Waals surface area contributed by atoms with Gasteiger partial charge in [-0.2, -0.15) is 0 Å². The van der Waals surface area contributed by atoms with E-state index in [0.29, 0.717) is 11.8 Å². The number of rotatable bonds is 1. The molecule has 0 aromatic carbocycles. The van der Waals surface area contributed by atoms with Gasteiger partial charge in [0.2, 0.25) is 0 Å². The van der Waals surface area contributed by atoms with E-state index in [-0.39, 0.29) is 5.54 Å². The van der Waals surface area contributed by atoms with Crippen molar-refractivity contribution in [2.75, 3.05) is 0 Å². The molecule has 0 aromatic rings. The van der Waals surface area contributed by atoms with Crippen LogP contribution in [0.2, 0.25) is 0 Å². The first-order valence-corrected chi connectivity index (χ1v) is 6.46.